The van der Waals surface area contributed by atoms with Gasteiger partial charge in [-0.05, 0) is 30.5 Å². The van der Waals surface area contributed by atoms with Gasteiger partial charge in [0.25, 0.3) is 0 Å². The van der Waals surface area contributed by atoms with Gasteiger partial charge < -0.3 is 10.6 Å². The largest absolute Gasteiger partial charge is 0.384 e. The Morgan fingerprint density at radius 1 is 0.947 bits per heavy atom. The molecule has 1 aromatic heterocycles. The van der Waals surface area contributed by atoms with Gasteiger partial charge in [0.05, 0.1) is 23.8 Å². The molecule has 3 nitrogen and oxygen atoms in total. The summed E-state index contributed by atoms with van der Waals surface area (Å²) in [5.41, 5.74) is 4.84. The van der Waals surface area contributed by atoms with Crippen molar-refractivity contribution in [3.05, 3.63) is 53.9 Å². The molecule has 0 aliphatic carbocycles. The maximum absolute atomic E-state index is 4.23. The van der Waals surface area contributed by atoms with Crippen LogP contribution in [-0.4, -0.2) is 11.5 Å². The zero-order valence-corrected chi connectivity index (χ0v) is 11.6. The molecule has 2 N–H and O–H groups in total. The minimum atomic E-state index is 0.835. The lowest BCUT2D eigenvalue weighted by Crippen LogP contribution is -2.04. The van der Waals surface area contributed by atoms with Crippen molar-refractivity contribution >= 4 is 11.4 Å². The van der Waals surface area contributed by atoms with E-state index < -0.39 is 0 Å². The monoisotopic (exact) mass is 255 g/mol. The fourth-order valence-corrected chi connectivity index (χ4v) is 2.11. The number of rotatable bonds is 6. The Morgan fingerprint density at radius 3 is 2.32 bits per heavy atom. The van der Waals surface area contributed by atoms with Crippen molar-refractivity contribution in [1.82, 2.24) is 4.98 Å². The van der Waals surface area contributed by atoms with Gasteiger partial charge in [0.15, 0.2) is 0 Å². The lowest BCUT2D eigenvalue weighted by atomic mass is 10.1. The van der Waals surface area contributed by atoms with Gasteiger partial charge in [-0.15, -0.1) is 0 Å². The van der Waals surface area contributed by atoms with Crippen molar-refractivity contribution in [3.8, 4) is 0 Å². The highest BCUT2D eigenvalue weighted by Gasteiger charge is 2.00. The summed E-state index contributed by atoms with van der Waals surface area (Å²) < 4.78 is 0. The van der Waals surface area contributed by atoms with Crippen molar-refractivity contribution in [3.63, 3.8) is 0 Å². The van der Waals surface area contributed by atoms with E-state index in [4.69, 9.17) is 0 Å². The summed E-state index contributed by atoms with van der Waals surface area (Å²) >= 11 is 0. The Balaban J connectivity index is 2.03. The molecule has 100 valence electrons. The van der Waals surface area contributed by atoms with E-state index in [9.17, 15) is 0 Å². The second kappa shape index (κ2) is 6.78. The van der Waals surface area contributed by atoms with E-state index in [1.165, 1.54) is 11.1 Å². The Hall–Kier alpha value is -2.03. The Kier molecular flexibility index (Phi) is 4.78. The molecule has 0 unspecified atom stereocenters. The summed E-state index contributed by atoms with van der Waals surface area (Å²) in [6.45, 7) is 6.01. The van der Waals surface area contributed by atoms with Gasteiger partial charge >= 0.3 is 0 Å². The molecule has 1 heterocycles. The summed E-state index contributed by atoms with van der Waals surface area (Å²) in [5, 5.41) is 6.70. The van der Waals surface area contributed by atoms with Crippen molar-refractivity contribution in [2.75, 3.05) is 17.2 Å². The number of pyridine rings is 1. The van der Waals surface area contributed by atoms with Crippen LogP contribution in [0.2, 0.25) is 0 Å². The summed E-state index contributed by atoms with van der Waals surface area (Å²) in [7, 11) is 0. The highest BCUT2D eigenvalue weighted by Crippen LogP contribution is 2.15. The van der Waals surface area contributed by atoms with Crippen molar-refractivity contribution < 1.29 is 0 Å². The van der Waals surface area contributed by atoms with E-state index in [2.05, 4.69) is 59.8 Å². The average molecular weight is 255 g/mol. The maximum atomic E-state index is 4.23. The minimum absolute atomic E-state index is 0.835. The quantitative estimate of drug-likeness (QED) is 0.826. The van der Waals surface area contributed by atoms with E-state index in [-0.39, 0.29) is 0 Å². The first-order valence-electron chi connectivity index (χ1n) is 6.83. The second-order valence-electron chi connectivity index (χ2n) is 4.47. The molecular weight excluding hydrogens is 234 g/mol. The van der Waals surface area contributed by atoms with Crippen LogP contribution in [0.15, 0.2) is 42.7 Å². The number of benzene rings is 1. The molecule has 0 amide bonds. The molecule has 3 heteroatoms. The van der Waals surface area contributed by atoms with E-state index in [0.29, 0.717) is 0 Å². The van der Waals surface area contributed by atoms with Crippen LogP contribution in [0, 0.1) is 0 Å². The van der Waals surface area contributed by atoms with Crippen LogP contribution in [-0.2, 0) is 13.0 Å². The minimum Gasteiger partial charge on any atom is -0.384 e. The first kappa shape index (κ1) is 13.4. The topological polar surface area (TPSA) is 37.0 Å². The number of anilines is 2. The summed E-state index contributed by atoms with van der Waals surface area (Å²) in [6.07, 6.45) is 4.76. The number of hydrogen-bond donors (Lipinski definition) is 2. The molecule has 2 rings (SSSR count). The first-order valence-corrected chi connectivity index (χ1v) is 6.83. The highest BCUT2D eigenvalue weighted by atomic mass is 14.9. The average Bonchev–Trinajstić information content (AvgIpc) is 2.46. The standard InChI is InChI=1S/C16H21N3/c1-3-13-7-5-6-8-14(13)10-19-16-9-15(18-4-2)11-17-12-16/h5-9,11-12,18-19H,3-4,10H2,1-2H3. The molecule has 0 atom stereocenters. The number of aryl methyl sites for hydroxylation is 1. The van der Waals surface area contributed by atoms with Crippen LogP contribution in [0.25, 0.3) is 0 Å². The normalized spacial score (nSPS) is 10.2. The fraction of sp³-hybridized carbons (Fsp3) is 0.312. The molecule has 0 spiro atoms. The van der Waals surface area contributed by atoms with Crippen molar-refractivity contribution in [2.45, 2.75) is 26.8 Å². The van der Waals surface area contributed by atoms with Gasteiger partial charge in [0.2, 0.25) is 0 Å². The molecule has 0 bridgehead atoms. The van der Waals surface area contributed by atoms with Crippen molar-refractivity contribution in [1.29, 1.82) is 0 Å². The second-order valence-corrected chi connectivity index (χ2v) is 4.47. The predicted octanol–water partition coefficient (Wildman–Crippen LogP) is 3.69. The maximum Gasteiger partial charge on any atom is 0.0550 e. The van der Waals surface area contributed by atoms with Crippen molar-refractivity contribution in [2.24, 2.45) is 0 Å². The molecule has 0 saturated heterocycles. The first-order chi connectivity index (χ1) is 9.33. The van der Waals surface area contributed by atoms with Gasteiger partial charge in [-0.3, -0.25) is 4.98 Å². The Morgan fingerprint density at radius 2 is 1.63 bits per heavy atom. The fourth-order valence-electron chi connectivity index (χ4n) is 2.11. The summed E-state index contributed by atoms with van der Waals surface area (Å²) in [6, 6.07) is 10.6. The lowest BCUT2D eigenvalue weighted by Gasteiger charge is -2.11. The third-order valence-electron chi connectivity index (χ3n) is 3.10. The van der Waals surface area contributed by atoms with E-state index in [1.54, 1.807) is 0 Å². The van der Waals surface area contributed by atoms with E-state index in [0.717, 1.165) is 30.9 Å². The smallest absolute Gasteiger partial charge is 0.0550 e. The molecule has 1 aromatic carbocycles. The SMILES string of the molecule is CCNc1cncc(NCc2ccccc2CC)c1. The zero-order chi connectivity index (χ0) is 13.5. The summed E-state index contributed by atoms with van der Waals surface area (Å²) in [5.74, 6) is 0. The number of nitrogens with zero attached hydrogens (tertiary/aromatic N) is 1. The van der Waals surface area contributed by atoms with Crippen LogP contribution in [0.3, 0.4) is 0 Å². The number of hydrogen-bond acceptors (Lipinski definition) is 3. The van der Waals surface area contributed by atoms with E-state index in [1.807, 2.05) is 12.4 Å². The molecule has 0 fully saturated rings. The number of aromatic nitrogens is 1. The highest BCUT2D eigenvalue weighted by molar-refractivity contribution is 5.54. The molecule has 0 saturated carbocycles. The third kappa shape index (κ3) is 3.71. The van der Waals surface area contributed by atoms with Crippen LogP contribution in [0.4, 0.5) is 11.4 Å². The molecule has 2 aromatic rings. The molecule has 0 radical (unpaired) electrons. The van der Waals surface area contributed by atoms with Gasteiger partial charge in [0, 0.05) is 13.1 Å². The van der Waals surface area contributed by atoms with Gasteiger partial charge in [0.1, 0.15) is 0 Å². The summed E-state index contributed by atoms with van der Waals surface area (Å²) in [4.78, 5) is 4.23. The van der Waals surface area contributed by atoms with Gasteiger partial charge in [-0.1, -0.05) is 31.2 Å². The van der Waals surface area contributed by atoms with E-state index >= 15 is 0 Å². The Bertz CT molecular complexity index is 523. The molecule has 19 heavy (non-hydrogen) atoms. The Labute approximate surface area is 115 Å². The third-order valence-corrected chi connectivity index (χ3v) is 3.10. The predicted molar refractivity (Wildman–Crippen MR) is 81.5 cm³/mol. The number of nitrogens with one attached hydrogen (secondary N) is 2. The molecule has 0 aliphatic rings. The van der Waals surface area contributed by atoms with Gasteiger partial charge in [-0.2, -0.15) is 0 Å². The molecular formula is C16H21N3. The van der Waals surface area contributed by atoms with Crippen LogP contribution in [0.5, 0.6) is 0 Å². The van der Waals surface area contributed by atoms with Crippen LogP contribution < -0.4 is 10.6 Å². The van der Waals surface area contributed by atoms with Crippen LogP contribution >= 0.6 is 0 Å². The van der Waals surface area contributed by atoms with Crippen LogP contribution in [0.1, 0.15) is 25.0 Å². The zero-order valence-electron chi connectivity index (χ0n) is 11.6. The molecule has 0 aliphatic heterocycles. The van der Waals surface area contributed by atoms with Gasteiger partial charge in [-0.25, -0.2) is 0 Å². The lowest BCUT2D eigenvalue weighted by molar-refractivity contribution is 1.04.